The predicted octanol–water partition coefficient (Wildman–Crippen LogP) is 3.99. The number of hydrogen-bond donors (Lipinski definition) is 2. The highest BCUT2D eigenvalue weighted by Crippen LogP contribution is 2.33. The topological polar surface area (TPSA) is 76.7 Å². The fourth-order valence-corrected chi connectivity index (χ4v) is 2.94. The molecule has 2 atom stereocenters. The molecule has 1 aromatic rings. The number of carbonyl (C=O) groups excluding carboxylic acids is 2. The van der Waals surface area contributed by atoms with Gasteiger partial charge in [0.05, 0.1) is 0 Å². The van der Waals surface area contributed by atoms with Crippen LogP contribution in [-0.4, -0.2) is 35.8 Å². The maximum Gasteiger partial charge on any atom is 0.407 e. The summed E-state index contributed by atoms with van der Waals surface area (Å²) in [7, 11) is 0. The summed E-state index contributed by atoms with van der Waals surface area (Å²) in [4.78, 5) is 23.8. The number of hydrogen-bond acceptors (Lipinski definition) is 4. The highest BCUT2D eigenvalue weighted by atomic mass is 19.3. The van der Waals surface area contributed by atoms with Crippen LogP contribution >= 0.6 is 0 Å². The van der Waals surface area contributed by atoms with E-state index >= 15 is 0 Å². The van der Waals surface area contributed by atoms with E-state index in [9.17, 15) is 18.4 Å². The number of halogens is 2. The molecule has 0 bridgehead atoms. The van der Waals surface area contributed by atoms with E-state index < -0.39 is 48.6 Å². The largest absolute Gasteiger partial charge is 0.445 e. The zero-order valence-corrected chi connectivity index (χ0v) is 15.8. The Balaban J connectivity index is 1.86. The van der Waals surface area contributed by atoms with Gasteiger partial charge in [-0.25, -0.2) is 18.4 Å². The monoisotopic (exact) mass is 384 g/mol. The third kappa shape index (κ3) is 7.80. The molecule has 8 heteroatoms. The van der Waals surface area contributed by atoms with Crippen LogP contribution in [0.1, 0.15) is 45.6 Å². The van der Waals surface area contributed by atoms with Crippen LogP contribution in [0.3, 0.4) is 0 Å². The minimum Gasteiger partial charge on any atom is -0.445 e. The molecule has 2 N–H and O–H groups in total. The fraction of sp³-hybridized carbons (Fsp3) is 0.579. The average Bonchev–Trinajstić information content (AvgIpc) is 2.50. The zero-order chi connectivity index (χ0) is 20.1. The molecule has 0 spiro atoms. The summed E-state index contributed by atoms with van der Waals surface area (Å²) in [6, 6.07) is 7.44. The van der Waals surface area contributed by atoms with E-state index in [4.69, 9.17) is 9.47 Å². The number of carbonyl (C=O) groups is 2. The van der Waals surface area contributed by atoms with Gasteiger partial charge in [-0.1, -0.05) is 30.3 Å². The van der Waals surface area contributed by atoms with E-state index in [1.807, 2.05) is 18.2 Å². The van der Waals surface area contributed by atoms with Crippen molar-refractivity contribution in [1.29, 1.82) is 0 Å². The predicted molar refractivity (Wildman–Crippen MR) is 95.5 cm³/mol. The summed E-state index contributed by atoms with van der Waals surface area (Å²) in [6.45, 7) is 5.12. The molecule has 6 nitrogen and oxygen atoms in total. The summed E-state index contributed by atoms with van der Waals surface area (Å²) >= 11 is 0. The molecule has 0 radical (unpaired) electrons. The molecule has 2 rings (SSSR count). The normalized spacial score (nSPS) is 21.8. The summed E-state index contributed by atoms with van der Waals surface area (Å²) in [6.07, 6.45) is -2.34. The van der Waals surface area contributed by atoms with E-state index in [0.717, 1.165) is 5.56 Å². The summed E-state index contributed by atoms with van der Waals surface area (Å²) in [5, 5.41) is 4.92. The van der Waals surface area contributed by atoms with Crippen molar-refractivity contribution in [1.82, 2.24) is 10.6 Å². The lowest BCUT2D eigenvalue weighted by Crippen LogP contribution is -2.52. The second kappa shape index (κ2) is 8.54. The van der Waals surface area contributed by atoms with Crippen LogP contribution in [0.4, 0.5) is 18.4 Å². The van der Waals surface area contributed by atoms with Gasteiger partial charge in [-0.05, 0) is 32.8 Å². The van der Waals surface area contributed by atoms with Crippen molar-refractivity contribution in [3.8, 4) is 0 Å². The highest BCUT2D eigenvalue weighted by Gasteiger charge is 2.42. The van der Waals surface area contributed by atoms with Gasteiger partial charge in [0.2, 0.25) is 0 Å². The van der Waals surface area contributed by atoms with Crippen molar-refractivity contribution in [2.24, 2.45) is 0 Å². The lowest BCUT2D eigenvalue weighted by molar-refractivity contribution is -0.0545. The Morgan fingerprint density at radius 3 is 2.19 bits per heavy atom. The number of benzene rings is 1. The van der Waals surface area contributed by atoms with Crippen LogP contribution in [0.15, 0.2) is 30.3 Å². The molecular formula is C19H26F2N2O4. The van der Waals surface area contributed by atoms with Gasteiger partial charge < -0.3 is 20.1 Å². The Hall–Kier alpha value is -2.38. The highest BCUT2D eigenvalue weighted by molar-refractivity contribution is 5.69. The Kier molecular flexibility index (Phi) is 6.62. The van der Waals surface area contributed by atoms with Crippen LogP contribution in [-0.2, 0) is 16.1 Å². The summed E-state index contributed by atoms with van der Waals surface area (Å²) in [5.74, 6) is -3.00. The van der Waals surface area contributed by atoms with Crippen molar-refractivity contribution < 1.29 is 27.8 Å². The molecule has 1 aromatic carbocycles. The average molecular weight is 384 g/mol. The number of nitrogens with one attached hydrogen (secondary N) is 2. The van der Waals surface area contributed by atoms with Crippen LogP contribution in [0.2, 0.25) is 0 Å². The van der Waals surface area contributed by atoms with Gasteiger partial charge in [0.25, 0.3) is 5.92 Å². The van der Waals surface area contributed by atoms with Gasteiger partial charge in [-0.3, -0.25) is 0 Å². The Bertz CT molecular complexity index is 647. The first-order valence-corrected chi connectivity index (χ1v) is 8.87. The van der Waals surface area contributed by atoms with Gasteiger partial charge in [0, 0.05) is 24.9 Å². The van der Waals surface area contributed by atoms with E-state index in [-0.39, 0.29) is 13.0 Å². The van der Waals surface area contributed by atoms with Crippen LogP contribution < -0.4 is 10.6 Å². The maximum atomic E-state index is 14.0. The molecule has 1 aliphatic carbocycles. The molecule has 150 valence electrons. The van der Waals surface area contributed by atoms with Crippen molar-refractivity contribution in [2.75, 3.05) is 0 Å². The quantitative estimate of drug-likeness (QED) is 0.823. The number of rotatable bonds is 4. The first kappa shape index (κ1) is 20.9. The smallest absolute Gasteiger partial charge is 0.407 e. The molecule has 0 heterocycles. The molecule has 0 aromatic heterocycles. The number of alkyl carbamates (subject to hydrolysis) is 2. The minimum atomic E-state index is -3.00. The van der Waals surface area contributed by atoms with Crippen molar-refractivity contribution >= 4 is 12.2 Å². The lowest BCUT2D eigenvalue weighted by Gasteiger charge is -2.35. The van der Waals surface area contributed by atoms with Crippen LogP contribution in [0.25, 0.3) is 0 Å². The van der Waals surface area contributed by atoms with Crippen molar-refractivity contribution in [2.45, 2.75) is 70.2 Å². The van der Waals surface area contributed by atoms with Gasteiger partial charge in [0.15, 0.2) is 0 Å². The van der Waals surface area contributed by atoms with Gasteiger partial charge in [0.1, 0.15) is 12.2 Å². The van der Waals surface area contributed by atoms with Crippen LogP contribution in [0, 0.1) is 0 Å². The van der Waals surface area contributed by atoms with Gasteiger partial charge in [-0.15, -0.1) is 0 Å². The van der Waals surface area contributed by atoms with Crippen LogP contribution in [0.5, 0.6) is 0 Å². The molecule has 1 fully saturated rings. The first-order chi connectivity index (χ1) is 12.5. The van der Waals surface area contributed by atoms with Gasteiger partial charge in [-0.2, -0.15) is 0 Å². The van der Waals surface area contributed by atoms with Crippen molar-refractivity contribution in [3.63, 3.8) is 0 Å². The molecule has 1 saturated carbocycles. The zero-order valence-electron chi connectivity index (χ0n) is 15.8. The fourth-order valence-electron chi connectivity index (χ4n) is 2.94. The molecule has 1 aliphatic rings. The minimum absolute atomic E-state index is 0.0510. The molecule has 0 aliphatic heterocycles. The van der Waals surface area contributed by atoms with Gasteiger partial charge >= 0.3 is 12.2 Å². The van der Waals surface area contributed by atoms with Crippen molar-refractivity contribution in [3.05, 3.63) is 35.9 Å². The molecule has 2 amide bonds. The molecule has 27 heavy (non-hydrogen) atoms. The number of amides is 2. The lowest BCUT2D eigenvalue weighted by atomic mass is 9.88. The third-order valence-corrected chi connectivity index (χ3v) is 3.91. The molecule has 0 unspecified atom stereocenters. The number of alkyl halides is 2. The van der Waals surface area contributed by atoms with E-state index in [0.29, 0.717) is 0 Å². The van der Waals surface area contributed by atoms with E-state index in [1.165, 1.54) is 0 Å². The van der Waals surface area contributed by atoms with E-state index in [2.05, 4.69) is 10.6 Å². The summed E-state index contributed by atoms with van der Waals surface area (Å²) < 4.78 is 38.2. The standard InChI is InChI=1S/C19H26F2N2O4/c1-18(2,3)27-17(25)23-15-9-14(10-19(20,21)11-15)22-16(24)26-12-13-7-5-4-6-8-13/h4-8,14-15H,9-12H2,1-3H3,(H,22,24)(H,23,25)/t14-,15+/m1/s1. The Labute approximate surface area is 157 Å². The number of ether oxygens (including phenoxy) is 2. The molecule has 0 saturated heterocycles. The second-order valence-electron chi connectivity index (χ2n) is 7.75. The Morgan fingerprint density at radius 2 is 1.63 bits per heavy atom. The maximum absolute atomic E-state index is 14.0. The SMILES string of the molecule is CC(C)(C)OC(=O)N[C@H]1C[C@@H](NC(=O)OCc2ccccc2)CC(F)(F)C1. The molecular weight excluding hydrogens is 358 g/mol. The third-order valence-electron chi connectivity index (χ3n) is 3.91. The second-order valence-corrected chi connectivity index (χ2v) is 7.75. The van der Waals surface area contributed by atoms with E-state index in [1.54, 1.807) is 32.9 Å². The Morgan fingerprint density at radius 1 is 1.07 bits per heavy atom. The summed E-state index contributed by atoms with van der Waals surface area (Å²) in [5.41, 5.74) is 0.0752. The first-order valence-electron chi connectivity index (χ1n) is 8.87.